The van der Waals surface area contributed by atoms with Crippen LogP contribution in [0.5, 0.6) is 0 Å². The molecule has 0 saturated carbocycles. The minimum Gasteiger partial charge on any atom is -0.357 e. The maximum absolute atomic E-state index is 4.77. The molecule has 0 radical (unpaired) electrons. The van der Waals surface area contributed by atoms with Crippen molar-refractivity contribution in [3.05, 3.63) is 48.0 Å². The first kappa shape index (κ1) is 24.6. The van der Waals surface area contributed by atoms with Gasteiger partial charge in [0.15, 0.2) is 5.96 Å². The summed E-state index contributed by atoms with van der Waals surface area (Å²) in [6.07, 6.45) is 9.95. The lowest BCUT2D eigenvalue weighted by Crippen LogP contribution is -2.39. The molecule has 1 aromatic heterocycles. The lowest BCUT2D eigenvalue weighted by molar-refractivity contribution is 0.282. The molecular formula is C22H36IN7. The van der Waals surface area contributed by atoms with Gasteiger partial charge < -0.3 is 15.5 Å². The minimum absolute atomic E-state index is 0. The number of hydrogen-bond donors (Lipinski definition) is 2. The molecule has 1 fully saturated rings. The average molecular weight is 525 g/mol. The van der Waals surface area contributed by atoms with Crippen LogP contribution in [0.3, 0.4) is 0 Å². The number of aromatic nitrogens is 3. The highest BCUT2D eigenvalue weighted by molar-refractivity contribution is 14.0. The van der Waals surface area contributed by atoms with Gasteiger partial charge >= 0.3 is 0 Å². The summed E-state index contributed by atoms with van der Waals surface area (Å²) in [4.78, 5) is 11.4. The molecule has 2 aromatic rings. The Kier molecular flexibility index (Phi) is 11.8. The van der Waals surface area contributed by atoms with E-state index in [9.17, 15) is 0 Å². The molecule has 2 heterocycles. The number of hydrogen-bond acceptors (Lipinski definition) is 4. The van der Waals surface area contributed by atoms with Crippen molar-refractivity contribution in [1.82, 2.24) is 30.3 Å². The largest absolute Gasteiger partial charge is 0.357 e. The number of nitrogens with one attached hydrogen (secondary N) is 2. The lowest BCUT2D eigenvalue weighted by atomic mass is 10.1. The Bertz CT molecular complexity index is 725. The van der Waals surface area contributed by atoms with E-state index in [-0.39, 0.29) is 24.0 Å². The molecule has 8 heteroatoms. The number of guanidine groups is 1. The first-order valence-corrected chi connectivity index (χ1v) is 11.0. The maximum atomic E-state index is 4.77. The number of benzene rings is 1. The number of nitrogens with zero attached hydrogens (tertiary/aromatic N) is 5. The topological polar surface area (TPSA) is 70.4 Å². The van der Waals surface area contributed by atoms with Crippen molar-refractivity contribution in [3.63, 3.8) is 0 Å². The van der Waals surface area contributed by atoms with E-state index < -0.39 is 0 Å². The van der Waals surface area contributed by atoms with Crippen molar-refractivity contribution in [2.45, 2.75) is 52.1 Å². The summed E-state index contributed by atoms with van der Waals surface area (Å²) >= 11 is 0. The van der Waals surface area contributed by atoms with Gasteiger partial charge in [-0.25, -0.2) is 14.7 Å². The van der Waals surface area contributed by atoms with E-state index >= 15 is 0 Å². The van der Waals surface area contributed by atoms with Crippen LogP contribution in [0, 0.1) is 0 Å². The molecule has 0 amide bonds. The van der Waals surface area contributed by atoms with Crippen LogP contribution in [0.15, 0.2) is 41.9 Å². The standard InChI is InChI=1S/C22H35N7.HI/c1-2-24-22(25-11-8-14-28-12-5-3-4-6-13-28)26-16-20-9-7-10-21(15-20)17-29-19-23-18-27-29;/h7,9-10,15,18-19H,2-6,8,11-14,16-17H2,1H3,(H2,24,25,26);1H. The smallest absolute Gasteiger partial charge is 0.191 e. The number of halogens is 1. The van der Waals surface area contributed by atoms with Crippen molar-refractivity contribution in [1.29, 1.82) is 0 Å². The zero-order valence-corrected chi connectivity index (χ0v) is 20.4. The Balaban J connectivity index is 0.00000320. The molecule has 2 N–H and O–H groups in total. The monoisotopic (exact) mass is 525 g/mol. The van der Waals surface area contributed by atoms with E-state index in [2.05, 4.69) is 56.8 Å². The van der Waals surface area contributed by atoms with Gasteiger partial charge in [0, 0.05) is 13.1 Å². The SMILES string of the molecule is CCNC(=NCc1cccc(Cn2cncn2)c1)NCCCN1CCCCCC1.I. The van der Waals surface area contributed by atoms with E-state index in [1.165, 1.54) is 56.4 Å². The summed E-state index contributed by atoms with van der Waals surface area (Å²) in [5, 5.41) is 11.0. The zero-order valence-electron chi connectivity index (χ0n) is 18.1. The van der Waals surface area contributed by atoms with Gasteiger partial charge in [0.05, 0.1) is 13.1 Å². The first-order valence-electron chi connectivity index (χ1n) is 11.0. The predicted molar refractivity (Wildman–Crippen MR) is 133 cm³/mol. The van der Waals surface area contributed by atoms with Gasteiger partial charge in [0.1, 0.15) is 12.7 Å². The highest BCUT2D eigenvalue weighted by atomic mass is 127. The molecule has 0 bridgehead atoms. The van der Waals surface area contributed by atoms with Crippen LogP contribution in [0.25, 0.3) is 0 Å². The summed E-state index contributed by atoms with van der Waals surface area (Å²) in [5.41, 5.74) is 2.41. The van der Waals surface area contributed by atoms with Gasteiger partial charge in [0.25, 0.3) is 0 Å². The first-order chi connectivity index (χ1) is 14.3. The van der Waals surface area contributed by atoms with Crippen LogP contribution in [-0.2, 0) is 13.1 Å². The minimum atomic E-state index is 0. The third kappa shape index (κ3) is 8.99. The molecule has 0 aliphatic carbocycles. The number of likely N-dealkylation sites (tertiary alicyclic amines) is 1. The van der Waals surface area contributed by atoms with Gasteiger partial charge in [-0.15, -0.1) is 24.0 Å². The summed E-state index contributed by atoms with van der Waals surface area (Å²) in [6.45, 7) is 9.01. The fraction of sp³-hybridized carbons (Fsp3) is 0.591. The Morgan fingerprint density at radius 2 is 1.90 bits per heavy atom. The normalized spacial score (nSPS) is 15.3. The number of aliphatic imine (C=N–C) groups is 1. The molecule has 1 aliphatic heterocycles. The van der Waals surface area contributed by atoms with Crippen LogP contribution in [-0.4, -0.2) is 58.3 Å². The molecule has 0 atom stereocenters. The van der Waals surface area contributed by atoms with Crippen molar-refractivity contribution < 1.29 is 0 Å². The predicted octanol–water partition coefficient (Wildman–Crippen LogP) is 3.27. The molecule has 1 aromatic carbocycles. The van der Waals surface area contributed by atoms with Crippen molar-refractivity contribution >= 4 is 29.9 Å². The Hall–Kier alpha value is -1.68. The molecule has 166 valence electrons. The summed E-state index contributed by atoms with van der Waals surface area (Å²) in [7, 11) is 0. The van der Waals surface area contributed by atoms with Gasteiger partial charge in [-0.3, -0.25) is 0 Å². The van der Waals surface area contributed by atoms with Crippen LogP contribution in [0.1, 0.15) is 50.2 Å². The fourth-order valence-electron chi connectivity index (χ4n) is 3.71. The van der Waals surface area contributed by atoms with Crippen molar-refractivity contribution in [2.24, 2.45) is 4.99 Å². The Morgan fingerprint density at radius 1 is 1.10 bits per heavy atom. The third-order valence-electron chi connectivity index (χ3n) is 5.21. The summed E-state index contributed by atoms with van der Waals surface area (Å²) in [6, 6.07) is 8.51. The third-order valence-corrected chi connectivity index (χ3v) is 5.21. The molecule has 30 heavy (non-hydrogen) atoms. The van der Waals surface area contributed by atoms with Gasteiger partial charge in [0.2, 0.25) is 0 Å². The number of rotatable bonds is 9. The van der Waals surface area contributed by atoms with Crippen molar-refractivity contribution in [2.75, 3.05) is 32.7 Å². The Morgan fingerprint density at radius 3 is 2.63 bits per heavy atom. The molecule has 3 rings (SSSR count). The second-order valence-corrected chi connectivity index (χ2v) is 7.64. The zero-order chi connectivity index (χ0) is 20.2. The molecular weight excluding hydrogens is 489 g/mol. The lowest BCUT2D eigenvalue weighted by Gasteiger charge is -2.20. The van der Waals surface area contributed by atoms with E-state index in [0.29, 0.717) is 6.54 Å². The van der Waals surface area contributed by atoms with Gasteiger partial charge in [-0.05, 0) is 56.9 Å². The van der Waals surface area contributed by atoms with Crippen LogP contribution in [0.4, 0.5) is 0 Å². The van der Waals surface area contributed by atoms with Crippen LogP contribution < -0.4 is 10.6 Å². The fourth-order valence-corrected chi connectivity index (χ4v) is 3.71. The van der Waals surface area contributed by atoms with E-state index in [4.69, 9.17) is 4.99 Å². The highest BCUT2D eigenvalue weighted by Gasteiger charge is 2.08. The van der Waals surface area contributed by atoms with Gasteiger partial charge in [-0.2, -0.15) is 5.10 Å². The quantitative estimate of drug-likeness (QED) is 0.228. The molecule has 7 nitrogen and oxygen atoms in total. The summed E-state index contributed by atoms with van der Waals surface area (Å²) < 4.78 is 1.83. The maximum Gasteiger partial charge on any atom is 0.191 e. The molecule has 0 unspecified atom stereocenters. The van der Waals surface area contributed by atoms with E-state index in [0.717, 1.165) is 32.0 Å². The van der Waals surface area contributed by atoms with Crippen molar-refractivity contribution in [3.8, 4) is 0 Å². The Labute approximate surface area is 197 Å². The van der Waals surface area contributed by atoms with Crippen LogP contribution >= 0.6 is 24.0 Å². The highest BCUT2D eigenvalue weighted by Crippen LogP contribution is 2.10. The van der Waals surface area contributed by atoms with Crippen LogP contribution in [0.2, 0.25) is 0 Å². The molecule has 1 saturated heterocycles. The van der Waals surface area contributed by atoms with Gasteiger partial charge in [-0.1, -0.05) is 37.1 Å². The second-order valence-electron chi connectivity index (χ2n) is 7.64. The van der Waals surface area contributed by atoms with E-state index in [1.54, 1.807) is 12.7 Å². The average Bonchev–Trinajstić information content (AvgIpc) is 3.10. The van der Waals surface area contributed by atoms with E-state index in [1.807, 2.05) is 4.68 Å². The molecule has 1 aliphatic rings. The summed E-state index contributed by atoms with van der Waals surface area (Å²) in [5.74, 6) is 0.894. The molecule has 0 spiro atoms. The second kappa shape index (κ2) is 14.3.